The number of thiazole rings is 1. The summed E-state index contributed by atoms with van der Waals surface area (Å²) >= 11 is 0.847. The van der Waals surface area contributed by atoms with Crippen molar-refractivity contribution in [3.05, 3.63) is 52.0 Å². The molecule has 3 N–H and O–H groups in total. The summed E-state index contributed by atoms with van der Waals surface area (Å²) in [6.45, 7) is -0.0674. The van der Waals surface area contributed by atoms with E-state index in [4.69, 9.17) is 5.73 Å². The average molecular weight is 366 g/mol. The minimum absolute atomic E-state index is 0. The molecule has 2 rings (SSSR count). The van der Waals surface area contributed by atoms with Gasteiger partial charge in [0, 0.05) is 5.38 Å². The highest BCUT2D eigenvalue weighted by molar-refractivity contribution is 7.09. The molecule has 0 saturated carbocycles. The van der Waals surface area contributed by atoms with Crippen molar-refractivity contribution in [3.8, 4) is 0 Å². The van der Waals surface area contributed by atoms with E-state index in [2.05, 4.69) is 10.3 Å². The van der Waals surface area contributed by atoms with Gasteiger partial charge in [-0.3, -0.25) is 4.79 Å². The summed E-state index contributed by atoms with van der Waals surface area (Å²) < 4.78 is 37.2. The van der Waals surface area contributed by atoms with Crippen molar-refractivity contribution in [2.45, 2.75) is 25.2 Å². The number of hydrogen-bond donors (Lipinski definition) is 2. The number of aromatic nitrogens is 1. The van der Waals surface area contributed by atoms with Crippen LogP contribution in [0.3, 0.4) is 0 Å². The largest absolute Gasteiger partial charge is 0.434 e. The monoisotopic (exact) mass is 365 g/mol. The number of alkyl halides is 3. The molecule has 9 heteroatoms. The summed E-state index contributed by atoms with van der Waals surface area (Å²) in [5.41, 5.74) is 5.75. The summed E-state index contributed by atoms with van der Waals surface area (Å²) in [4.78, 5) is 15.3. The number of halogens is 4. The molecule has 0 saturated heterocycles. The van der Waals surface area contributed by atoms with E-state index in [1.807, 2.05) is 30.3 Å². The van der Waals surface area contributed by atoms with Crippen molar-refractivity contribution in [1.29, 1.82) is 0 Å². The Morgan fingerprint density at radius 3 is 2.52 bits per heavy atom. The smallest absolute Gasteiger partial charge is 0.348 e. The summed E-state index contributed by atoms with van der Waals surface area (Å²) in [5, 5.41) is 3.61. The fourth-order valence-corrected chi connectivity index (χ4v) is 2.52. The van der Waals surface area contributed by atoms with Crippen LogP contribution < -0.4 is 11.1 Å². The lowest BCUT2D eigenvalue weighted by molar-refractivity contribution is -0.140. The van der Waals surface area contributed by atoms with Crippen molar-refractivity contribution >= 4 is 29.7 Å². The van der Waals surface area contributed by atoms with Crippen LogP contribution in [-0.2, 0) is 23.9 Å². The maximum Gasteiger partial charge on any atom is 0.434 e. The Kier molecular flexibility index (Phi) is 6.99. The Morgan fingerprint density at radius 1 is 1.30 bits per heavy atom. The molecule has 0 aliphatic heterocycles. The average Bonchev–Trinajstić information content (AvgIpc) is 2.94. The number of benzene rings is 1. The molecular formula is C14H15ClF3N3OS. The zero-order chi connectivity index (χ0) is 16.2. The summed E-state index contributed by atoms with van der Waals surface area (Å²) in [7, 11) is 0. The first-order chi connectivity index (χ1) is 10.4. The second-order valence-electron chi connectivity index (χ2n) is 4.64. The second kappa shape index (κ2) is 8.28. The number of nitrogens with two attached hydrogens (primary N) is 1. The maximum absolute atomic E-state index is 12.4. The highest BCUT2D eigenvalue weighted by atomic mass is 35.5. The van der Waals surface area contributed by atoms with Crippen molar-refractivity contribution in [3.63, 3.8) is 0 Å². The molecule has 0 fully saturated rings. The number of rotatable bonds is 5. The predicted octanol–water partition coefficient (Wildman–Crippen LogP) is 2.77. The van der Waals surface area contributed by atoms with Gasteiger partial charge in [-0.1, -0.05) is 30.3 Å². The minimum atomic E-state index is -4.47. The van der Waals surface area contributed by atoms with Gasteiger partial charge in [-0.05, 0) is 12.0 Å². The molecule has 4 nitrogen and oxygen atoms in total. The third kappa shape index (κ3) is 5.81. The van der Waals surface area contributed by atoms with Gasteiger partial charge in [-0.25, -0.2) is 4.98 Å². The predicted molar refractivity (Wildman–Crippen MR) is 84.3 cm³/mol. The van der Waals surface area contributed by atoms with Crippen LogP contribution >= 0.6 is 23.7 Å². The summed E-state index contributed by atoms with van der Waals surface area (Å²) in [6.07, 6.45) is -4.11. The van der Waals surface area contributed by atoms with Crippen LogP contribution in [0, 0.1) is 0 Å². The van der Waals surface area contributed by atoms with Crippen LogP contribution in [0.25, 0.3) is 0 Å². The molecule has 1 aromatic heterocycles. The molecule has 1 heterocycles. The summed E-state index contributed by atoms with van der Waals surface area (Å²) in [5.74, 6) is -0.424. The van der Waals surface area contributed by atoms with Crippen molar-refractivity contribution in [2.24, 2.45) is 5.73 Å². The maximum atomic E-state index is 12.4. The molecule has 0 unspecified atom stereocenters. The molecule has 0 spiro atoms. The molecule has 1 aromatic carbocycles. The minimum Gasteiger partial charge on any atom is -0.348 e. The molecule has 126 valence electrons. The molecule has 1 amide bonds. The molecule has 0 aliphatic carbocycles. The lowest BCUT2D eigenvalue weighted by Crippen LogP contribution is -2.41. The van der Waals surface area contributed by atoms with E-state index in [1.54, 1.807) is 0 Å². The Morgan fingerprint density at radius 2 is 1.96 bits per heavy atom. The van der Waals surface area contributed by atoms with E-state index in [1.165, 1.54) is 0 Å². The van der Waals surface area contributed by atoms with Gasteiger partial charge in [0.1, 0.15) is 5.01 Å². The second-order valence-corrected chi connectivity index (χ2v) is 5.58. The van der Waals surface area contributed by atoms with E-state index in [0.29, 0.717) is 6.42 Å². The first kappa shape index (κ1) is 19.4. The van der Waals surface area contributed by atoms with Crippen molar-refractivity contribution < 1.29 is 18.0 Å². The van der Waals surface area contributed by atoms with Crippen LogP contribution in [0.1, 0.15) is 16.3 Å². The molecule has 0 aliphatic rings. The number of carbonyl (C=O) groups is 1. The van der Waals surface area contributed by atoms with Crippen LogP contribution in [0.5, 0.6) is 0 Å². The number of hydrogen-bond acceptors (Lipinski definition) is 4. The molecule has 1 atom stereocenters. The normalized spacial score (nSPS) is 12.3. The summed E-state index contributed by atoms with van der Waals surface area (Å²) in [6, 6.07) is 8.48. The standard InChI is InChI=1S/C14H14F3N3OS.ClH/c15-14(16,17)11-8-22-12(20-11)7-19-13(21)10(18)6-9-4-2-1-3-5-9;/h1-5,8,10H,6-7,18H2,(H,19,21);1H/t10-;/m0./s1. The van der Waals surface area contributed by atoms with E-state index in [0.717, 1.165) is 22.3 Å². The highest BCUT2D eigenvalue weighted by Gasteiger charge is 2.33. The first-order valence-corrected chi connectivity index (χ1v) is 7.33. The molecular weight excluding hydrogens is 351 g/mol. The molecule has 0 bridgehead atoms. The molecule has 2 aromatic rings. The van der Waals surface area contributed by atoms with Gasteiger partial charge in [0.25, 0.3) is 0 Å². The van der Waals surface area contributed by atoms with Gasteiger partial charge >= 0.3 is 6.18 Å². The van der Waals surface area contributed by atoms with Crippen molar-refractivity contribution in [1.82, 2.24) is 10.3 Å². The SMILES string of the molecule is Cl.N[C@@H](Cc1ccccc1)C(=O)NCc1nc(C(F)(F)F)cs1. The number of nitrogens with zero attached hydrogens (tertiary/aromatic N) is 1. The zero-order valence-corrected chi connectivity index (χ0v) is 13.5. The van der Waals surface area contributed by atoms with Gasteiger partial charge in [0.2, 0.25) is 5.91 Å². The zero-order valence-electron chi connectivity index (χ0n) is 11.8. The highest BCUT2D eigenvalue weighted by Crippen LogP contribution is 2.29. The van der Waals surface area contributed by atoms with Gasteiger partial charge in [0.05, 0.1) is 12.6 Å². The van der Waals surface area contributed by atoms with Crippen molar-refractivity contribution in [2.75, 3.05) is 0 Å². The van der Waals surface area contributed by atoms with Crippen LogP contribution in [-0.4, -0.2) is 16.9 Å². The molecule has 0 radical (unpaired) electrons. The topological polar surface area (TPSA) is 68.0 Å². The van der Waals surface area contributed by atoms with Gasteiger partial charge < -0.3 is 11.1 Å². The fraction of sp³-hybridized carbons (Fsp3) is 0.286. The van der Waals surface area contributed by atoms with Gasteiger partial charge in [-0.2, -0.15) is 13.2 Å². The number of nitrogens with one attached hydrogen (secondary N) is 1. The van der Waals surface area contributed by atoms with Crippen LogP contribution in [0.2, 0.25) is 0 Å². The Hall–Kier alpha value is -1.64. The van der Waals surface area contributed by atoms with E-state index < -0.39 is 23.8 Å². The molecule has 23 heavy (non-hydrogen) atoms. The lowest BCUT2D eigenvalue weighted by Gasteiger charge is -2.11. The number of amides is 1. The number of carbonyl (C=O) groups excluding carboxylic acids is 1. The van der Waals surface area contributed by atoms with E-state index in [-0.39, 0.29) is 24.0 Å². The van der Waals surface area contributed by atoms with Crippen LogP contribution in [0.4, 0.5) is 13.2 Å². The van der Waals surface area contributed by atoms with Crippen LogP contribution in [0.15, 0.2) is 35.7 Å². The first-order valence-electron chi connectivity index (χ1n) is 6.45. The third-order valence-corrected chi connectivity index (χ3v) is 3.74. The van der Waals surface area contributed by atoms with E-state index >= 15 is 0 Å². The Labute approximate surface area is 141 Å². The van der Waals surface area contributed by atoms with E-state index in [9.17, 15) is 18.0 Å². The quantitative estimate of drug-likeness (QED) is 0.856. The Balaban J connectivity index is 0.00000264. The van der Waals surface area contributed by atoms with Gasteiger partial charge in [0.15, 0.2) is 5.69 Å². The third-order valence-electron chi connectivity index (χ3n) is 2.89. The van der Waals surface area contributed by atoms with Gasteiger partial charge in [-0.15, -0.1) is 23.7 Å². The Bertz CT molecular complexity index is 634. The lowest BCUT2D eigenvalue weighted by atomic mass is 10.1. The fourth-order valence-electron chi connectivity index (χ4n) is 1.78.